The van der Waals surface area contributed by atoms with Crippen molar-refractivity contribution in [1.82, 2.24) is 10.2 Å². The van der Waals surface area contributed by atoms with Crippen molar-refractivity contribution in [1.29, 1.82) is 0 Å². The Kier molecular flexibility index (Phi) is 10.0. The number of carbonyl (C=O) groups is 2. The van der Waals surface area contributed by atoms with Crippen LogP contribution in [0.2, 0.25) is 10.0 Å². The highest BCUT2D eigenvalue weighted by Crippen LogP contribution is 2.31. The monoisotopic (exact) mass is 534 g/mol. The van der Waals surface area contributed by atoms with Gasteiger partial charge in [0, 0.05) is 53.9 Å². The Balaban J connectivity index is 1.72. The van der Waals surface area contributed by atoms with Crippen LogP contribution >= 0.6 is 23.2 Å². The molecule has 3 atom stereocenters. The van der Waals surface area contributed by atoms with Crippen LogP contribution in [0.25, 0.3) is 0 Å². The van der Waals surface area contributed by atoms with Gasteiger partial charge in [0.15, 0.2) is 0 Å². The van der Waals surface area contributed by atoms with Crippen molar-refractivity contribution in [2.24, 2.45) is 11.7 Å². The number of anilines is 1. The second kappa shape index (κ2) is 12.8. The van der Waals surface area contributed by atoms with Gasteiger partial charge in [-0.05, 0) is 43.0 Å². The Morgan fingerprint density at radius 1 is 1.06 bits per heavy atom. The lowest BCUT2D eigenvalue weighted by Gasteiger charge is -2.39. The molecule has 36 heavy (non-hydrogen) atoms. The van der Waals surface area contributed by atoms with Crippen molar-refractivity contribution in [3.05, 3.63) is 63.6 Å². The van der Waals surface area contributed by atoms with E-state index in [0.29, 0.717) is 48.6 Å². The van der Waals surface area contributed by atoms with Gasteiger partial charge in [0.05, 0.1) is 12.1 Å². The highest BCUT2D eigenvalue weighted by atomic mass is 35.5. The van der Waals surface area contributed by atoms with Gasteiger partial charge in [0.25, 0.3) is 0 Å². The Morgan fingerprint density at radius 3 is 2.33 bits per heavy atom. The van der Waals surface area contributed by atoms with E-state index < -0.39 is 24.1 Å². The molecule has 1 aliphatic heterocycles. The molecule has 1 heterocycles. The lowest BCUT2D eigenvalue weighted by molar-refractivity contribution is -0.136. The first-order valence-electron chi connectivity index (χ1n) is 12.4. The number of hydrogen-bond donors (Lipinski definition) is 3. The third kappa shape index (κ3) is 7.35. The van der Waals surface area contributed by atoms with Crippen LogP contribution in [0.1, 0.15) is 44.4 Å². The van der Waals surface area contributed by atoms with Crippen LogP contribution in [0.3, 0.4) is 0 Å². The fourth-order valence-corrected chi connectivity index (χ4v) is 4.91. The molecule has 0 bridgehead atoms. The quantitative estimate of drug-likeness (QED) is 0.454. The molecule has 1 fully saturated rings. The number of nitrogens with two attached hydrogens (primary N) is 1. The molecule has 1 saturated heterocycles. The number of carbonyl (C=O) groups excluding carboxylic acids is 2. The van der Waals surface area contributed by atoms with Crippen LogP contribution in [0, 0.1) is 5.92 Å². The summed E-state index contributed by atoms with van der Waals surface area (Å²) in [6.07, 6.45) is 0.379. The third-order valence-electron chi connectivity index (χ3n) is 6.39. The largest absolute Gasteiger partial charge is 0.388 e. The molecule has 0 aromatic heterocycles. The summed E-state index contributed by atoms with van der Waals surface area (Å²) < 4.78 is 0. The van der Waals surface area contributed by atoms with E-state index in [9.17, 15) is 14.7 Å². The topological polar surface area (TPSA) is 98.9 Å². The molecule has 1 unspecified atom stereocenters. The molecule has 0 aliphatic carbocycles. The number of nitrogens with one attached hydrogen (secondary N) is 1. The molecule has 9 heteroatoms. The van der Waals surface area contributed by atoms with E-state index >= 15 is 0 Å². The van der Waals surface area contributed by atoms with Crippen LogP contribution in [0.15, 0.2) is 42.5 Å². The number of benzene rings is 2. The van der Waals surface area contributed by atoms with Gasteiger partial charge in [0.2, 0.25) is 11.8 Å². The second-order valence-electron chi connectivity index (χ2n) is 9.81. The molecule has 0 saturated carbocycles. The van der Waals surface area contributed by atoms with Gasteiger partial charge >= 0.3 is 0 Å². The van der Waals surface area contributed by atoms with Crippen molar-refractivity contribution in [2.45, 2.75) is 51.8 Å². The van der Waals surface area contributed by atoms with E-state index in [0.717, 1.165) is 16.8 Å². The van der Waals surface area contributed by atoms with Crippen molar-refractivity contribution in [3.63, 3.8) is 0 Å². The summed E-state index contributed by atoms with van der Waals surface area (Å²) in [4.78, 5) is 29.9. The van der Waals surface area contributed by atoms with Crippen LogP contribution in [-0.4, -0.2) is 60.1 Å². The van der Waals surface area contributed by atoms with Gasteiger partial charge in [-0.2, -0.15) is 0 Å². The number of hydrogen-bond acceptors (Lipinski definition) is 5. The standard InChI is InChI=1S/C27H36Cl2N4O3/c1-17(2)14-25(34)21-6-4-5-7-24(21)32-10-12-33(13-11-32)27(36)23(31-26(35)18(3)30)15-19-8-9-20(28)16-22(19)29/h4-9,16-18,23,25,34H,10-15,30H2,1-3H3,(H,31,35)/t18-,23+,25?/m0/s1. The Morgan fingerprint density at radius 2 is 1.72 bits per heavy atom. The predicted octanol–water partition coefficient (Wildman–Crippen LogP) is 3.80. The molecule has 4 N–H and O–H groups in total. The Bertz CT molecular complexity index is 1060. The second-order valence-corrected chi connectivity index (χ2v) is 10.6. The average molecular weight is 536 g/mol. The smallest absolute Gasteiger partial charge is 0.245 e. The molecule has 7 nitrogen and oxygen atoms in total. The first kappa shape index (κ1) is 28.3. The van der Waals surface area contributed by atoms with Gasteiger partial charge in [0.1, 0.15) is 6.04 Å². The van der Waals surface area contributed by atoms with Gasteiger partial charge in [-0.15, -0.1) is 0 Å². The first-order valence-corrected chi connectivity index (χ1v) is 13.1. The number of aliphatic hydroxyl groups is 1. The maximum absolute atomic E-state index is 13.5. The number of rotatable bonds is 9. The maximum Gasteiger partial charge on any atom is 0.245 e. The highest BCUT2D eigenvalue weighted by Gasteiger charge is 2.31. The lowest BCUT2D eigenvalue weighted by Crippen LogP contribution is -2.57. The fraction of sp³-hybridized carbons (Fsp3) is 0.481. The summed E-state index contributed by atoms with van der Waals surface area (Å²) in [5.41, 5.74) is 8.37. The molecular formula is C27H36Cl2N4O3. The van der Waals surface area contributed by atoms with Gasteiger partial charge in [-0.1, -0.05) is 61.3 Å². The average Bonchev–Trinajstić information content (AvgIpc) is 2.84. The zero-order chi connectivity index (χ0) is 26.4. The normalized spacial score (nSPS) is 16.6. The minimum absolute atomic E-state index is 0.178. The first-order chi connectivity index (χ1) is 17.1. The molecule has 2 aromatic rings. The number of piperazine rings is 1. The number of para-hydroxylation sites is 1. The summed E-state index contributed by atoms with van der Waals surface area (Å²) in [5, 5.41) is 14.5. The summed E-state index contributed by atoms with van der Waals surface area (Å²) >= 11 is 12.4. The van der Waals surface area contributed by atoms with Crippen molar-refractivity contribution < 1.29 is 14.7 Å². The Labute approximate surface area is 223 Å². The summed E-state index contributed by atoms with van der Waals surface area (Å²) in [6, 6.07) is 11.4. The summed E-state index contributed by atoms with van der Waals surface area (Å²) in [5.74, 6) is -0.201. The minimum atomic E-state index is -0.797. The van der Waals surface area contributed by atoms with Gasteiger partial charge in [-0.25, -0.2) is 0 Å². The molecular weight excluding hydrogens is 499 g/mol. The molecule has 1 aliphatic rings. The lowest BCUT2D eigenvalue weighted by atomic mass is 9.97. The van der Waals surface area contributed by atoms with E-state index in [1.54, 1.807) is 30.0 Å². The maximum atomic E-state index is 13.5. The fourth-order valence-electron chi connectivity index (χ4n) is 4.43. The van der Waals surface area contributed by atoms with Crippen molar-refractivity contribution in [2.75, 3.05) is 31.1 Å². The Hall–Kier alpha value is -2.32. The van der Waals surface area contributed by atoms with E-state index in [1.165, 1.54) is 0 Å². The highest BCUT2D eigenvalue weighted by molar-refractivity contribution is 6.35. The number of halogens is 2. The van der Waals surface area contributed by atoms with Crippen LogP contribution in [0.5, 0.6) is 0 Å². The molecule has 0 spiro atoms. The molecule has 2 aromatic carbocycles. The molecule has 0 radical (unpaired) electrons. The predicted molar refractivity (Wildman–Crippen MR) is 145 cm³/mol. The molecule has 3 rings (SSSR count). The van der Waals surface area contributed by atoms with Crippen LogP contribution < -0.4 is 16.0 Å². The summed E-state index contributed by atoms with van der Waals surface area (Å²) in [6.45, 7) is 7.98. The summed E-state index contributed by atoms with van der Waals surface area (Å²) in [7, 11) is 0. The number of nitrogens with zero attached hydrogens (tertiary/aromatic N) is 2. The number of aliphatic hydroxyl groups excluding tert-OH is 1. The van der Waals surface area contributed by atoms with Crippen LogP contribution in [0.4, 0.5) is 5.69 Å². The van der Waals surface area contributed by atoms with E-state index in [2.05, 4.69) is 24.1 Å². The molecule has 2 amide bonds. The van der Waals surface area contributed by atoms with Gasteiger partial charge in [-0.3, -0.25) is 9.59 Å². The van der Waals surface area contributed by atoms with E-state index in [-0.39, 0.29) is 12.3 Å². The minimum Gasteiger partial charge on any atom is -0.388 e. The van der Waals surface area contributed by atoms with Crippen molar-refractivity contribution in [3.8, 4) is 0 Å². The van der Waals surface area contributed by atoms with Crippen LogP contribution in [-0.2, 0) is 16.0 Å². The van der Waals surface area contributed by atoms with Crippen molar-refractivity contribution >= 4 is 40.7 Å². The number of amides is 2. The van der Waals surface area contributed by atoms with Gasteiger partial charge < -0.3 is 26.0 Å². The SMILES string of the molecule is CC(C)CC(O)c1ccccc1N1CCN(C(=O)[C@@H](Cc2ccc(Cl)cc2Cl)NC(=O)[C@H](C)N)CC1. The third-order valence-corrected chi connectivity index (χ3v) is 6.98. The molecule has 196 valence electrons. The van der Waals surface area contributed by atoms with E-state index in [4.69, 9.17) is 28.9 Å². The van der Waals surface area contributed by atoms with E-state index in [1.807, 2.05) is 24.3 Å². The zero-order valence-corrected chi connectivity index (χ0v) is 22.6. The zero-order valence-electron chi connectivity index (χ0n) is 21.1.